The van der Waals surface area contributed by atoms with Crippen molar-refractivity contribution in [3.63, 3.8) is 0 Å². The van der Waals surface area contributed by atoms with Crippen LogP contribution in [0, 0.1) is 0 Å². The summed E-state index contributed by atoms with van der Waals surface area (Å²) < 4.78 is 7.24. The van der Waals surface area contributed by atoms with Crippen LogP contribution in [0.2, 0.25) is 5.02 Å². The quantitative estimate of drug-likeness (QED) is 0.678. The zero-order valence-electron chi connectivity index (χ0n) is 14.8. The molecule has 0 radical (unpaired) electrons. The number of ether oxygens (including phenoxy) is 1. The molecule has 1 fully saturated rings. The van der Waals surface area contributed by atoms with Gasteiger partial charge in [-0.15, -0.1) is 12.4 Å². The van der Waals surface area contributed by atoms with Crippen LogP contribution in [0.1, 0.15) is 22.0 Å². The van der Waals surface area contributed by atoms with E-state index >= 15 is 0 Å². The maximum Gasteiger partial charge on any atom is 0.258 e. The van der Waals surface area contributed by atoms with Crippen molar-refractivity contribution >= 4 is 35.6 Å². The molecule has 0 spiro atoms. The Balaban J connectivity index is 0.00000225. The number of aromatic nitrogens is 3. The molecule has 3 aromatic rings. The third-order valence-electron chi connectivity index (χ3n) is 4.26. The van der Waals surface area contributed by atoms with Crippen LogP contribution in [0.3, 0.4) is 0 Å². The van der Waals surface area contributed by atoms with Crippen LogP contribution in [-0.4, -0.2) is 40.4 Å². The van der Waals surface area contributed by atoms with Crippen molar-refractivity contribution < 1.29 is 9.53 Å². The summed E-state index contributed by atoms with van der Waals surface area (Å²) in [6, 6.07) is 11.0. The summed E-state index contributed by atoms with van der Waals surface area (Å²) in [4.78, 5) is 16.7. The number of carbonyl (C=O) groups excluding carboxylic acids is 1. The lowest BCUT2D eigenvalue weighted by molar-refractivity contribution is 0.0277. The molecule has 0 bridgehead atoms. The van der Waals surface area contributed by atoms with Crippen molar-refractivity contribution in [3.05, 3.63) is 71.1 Å². The van der Waals surface area contributed by atoms with Gasteiger partial charge in [-0.1, -0.05) is 23.7 Å². The molecule has 0 unspecified atom stereocenters. The number of halogens is 2. The number of pyridine rings is 1. The molecular formula is C19H19Cl2N5O2. The van der Waals surface area contributed by atoms with E-state index in [1.54, 1.807) is 24.5 Å². The van der Waals surface area contributed by atoms with Crippen molar-refractivity contribution in [1.29, 1.82) is 0 Å². The highest BCUT2D eigenvalue weighted by Gasteiger charge is 2.16. The average molecular weight is 420 g/mol. The van der Waals surface area contributed by atoms with Crippen molar-refractivity contribution in [2.75, 3.05) is 25.0 Å². The summed E-state index contributed by atoms with van der Waals surface area (Å²) in [5, 5.41) is 10.9. The van der Waals surface area contributed by atoms with E-state index in [2.05, 4.69) is 20.7 Å². The number of hydrogen-bond acceptors (Lipinski definition) is 5. The summed E-state index contributed by atoms with van der Waals surface area (Å²) in [7, 11) is 0. The molecule has 2 N–H and O–H groups in total. The minimum Gasteiger partial charge on any atom is -0.371 e. The van der Waals surface area contributed by atoms with Gasteiger partial charge in [-0.3, -0.25) is 4.79 Å². The van der Waals surface area contributed by atoms with Crippen LogP contribution in [0.25, 0.3) is 5.82 Å². The molecule has 3 heterocycles. The van der Waals surface area contributed by atoms with Crippen molar-refractivity contribution in [3.8, 4) is 5.82 Å². The summed E-state index contributed by atoms with van der Waals surface area (Å²) in [5.41, 5.74) is 2.22. The SMILES string of the molecule is Cl.O=C(Nc1ccc([C@H]2CNCCO2)cc1)c1cnn(-c2cc(Cl)ccn2)c1. The fraction of sp³-hybridized carbons (Fsp3) is 0.211. The van der Waals surface area contributed by atoms with Crippen LogP contribution in [0.4, 0.5) is 5.69 Å². The standard InChI is InChI=1S/C19H18ClN5O2.ClH/c20-15-5-6-22-18(9-15)25-12-14(10-23-25)19(26)24-16-3-1-13(2-4-16)17-11-21-7-8-27-17;/h1-6,9-10,12,17,21H,7-8,11H2,(H,24,26);1H/t17-;/m1./s1. The fourth-order valence-corrected chi connectivity index (χ4v) is 3.00. The fourth-order valence-electron chi connectivity index (χ4n) is 2.85. The molecule has 0 aliphatic carbocycles. The Labute approximate surface area is 173 Å². The molecule has 4 rings (SSSR count). The number of amides is 1. The Kier molecular flexibility index (Phi) is 6.64. The first-order valence-electron chi connectivity index (χ1n) is 8.59. The van der Waals surface area contributed by atoms with Crippen LogP contribution < -0.4 is 10.6 Å². The molecule has 1 saturated heterocycles. The number of morpholine rings is 1. The molecule has 2 aromatic heterocycles. The van der Waals surface area contributed by atoms with E-state index in [-0.39, 0.29) is 24.4 Å². The lowest BCUT2D eigenvalue weighted by Crippen LogP contribution is -2.33. The van der Waals surface area contributed by atoms with Crippen molar-refractivity contribution in [2.24, 2.45) is 0 Å². The number of anilines is 1. The average Bonchev–Trinajstić information content (AvgIpc) is 3.20. The summed E-state index contributed by atoms with van der Waals surface area (Å²) in [5.74, 6) is 0.304. The molecule has 28 heavy (non-hydrogen) atoms. The third kappa shape index (κ3) is 4.69. The molecule has 1 aromatic carbocycles. The highest BCUT2D eigenvalue weighted by molar-refractivity contribution is 6.30. The molecule has 7 nitrogen and oxygen atoms in total. The van der Waals surface area contributed by atoms with E-state index in [0.29, 0.717) is 28.7 Å². The minimum absolute atomic E-state index is 0. The van der Waals surface area contributed by atoms with E-state index in [0.717, 1.165) is 18.7 Å². The maximum absolute atomic E-state index is 12.5. The molecule has 1 aliphatic rings. The molecular weight excluding hydrogens is 401 g/mol. The summed E-state index contributed by atoms with van der Waals surface area (Å²) in [6.07, 6.45) is 4.75. The van der Waals surface area contributed by atoms with Crippen LogP contribution in [-0.2, 0) is 4.74 Å². The van der Waals surface area contributed by atoms with Crippen LogP contribution in [0.5, 0.6) is 0 Å². The van der Waals surface area contributed by atoms with Gasteiger partial charge in [-0.2, -0.15) is 5.10 Å². The molecule has 1 amide bonds. The smallest absolute Gasteiger partial charge is 0.258 e. The lowest BCUT2D eigenvalue weighted by Gasteiger charge is -2.24. The molecule has 1 atom stereocenters. The van der Waals surface area contributed by atoms with Gasteiger partial charge in [0.05, 0.1) is 24.5 Å². The second-order valence-electron chi connectivity index (χ2n) is 6.15. The minimum atomic E-state index is -0.244. The zero-order chi connectivity index (χ0) is 18.6. The van der Waals surface area contributed by atoms with Gasteiger partial charge >= 0.3 is 0 Å². The van der Waals surface area contributed by atoms with E-state index in [1.807, 2.05) is 24.3 Å². The topological polar surface area (TPSA) is 81.1 Å². The summed E-state index contributed by atoms with van der Waals surface area (Å²) in [6.45, 7) is 2.38. The Bertz CT molecular complexity index is 940. The van der Waals surface area contributed by atoms with Gasteiger partial charge < -0.3 is 15.4 Å². The Morgan fingerprint density at radius 1 is 1.29 bits per heavy atom. The first-order valence-corrected chi connectivity index (χ1v) is 8.97. The first kappa shape index (κ1) is 20.3. The second kappa shape index (κ2) is 9.16. The number of carbonyl (C=O) groups is 1. The molecule has 1 aliphatic heterocycles. The van der Waals surface area contributed by atoms with Crippen molar-refractivity contribution in [1.82, 2.24) is 20.1 Å². The van der Waals surface area contributed by atoms with Gasteiger partial charge in [0.15, 0.2) is 5.82 Å². The lowest BCUT2D eigenvalue weighted by atomic mass is 10.1. The van der Waals surface area contributed by atoms with Crippen molar-refractivity contribution in [2.45, 2.75) is 6.10 Å². The normalized spacial score (nSPS) is 16.2. The van der Waals surface area contributed by atoms with Crippen LogP contribution >= 0.6 is 24.0 Å². The summed E-state index contributed by atoms with van der Waals surface area (Å²) >= 11 is 5.97. The van der Waals surface area contributed by atoms with E-state index in [4.69, 9.17) is 16.3 Å². The zero-order valence-corrected chi connectivity index (χ0v) is 16.4. The number of hydrogen-bond donors (Lipinski definition) is 2. The van der Waals surface area contributed by atoms with Gasteiger partial charge in [0.2, 0.25) is 0 Å². The molecule has 0 saturated carbocycles. The van der Waals surface area contributed by atoms with Crippen LogP contribution in [0.15, 0.2) is 55.0 Å². The maximum atomic E-state index is 12.5. The van der Waals surface area contributed by atoms with Gasteiger partial charge in [0.25, 0.3) is 5.91 Å². The molecule has 9 heteroatoms. The van der Waals surface area contributed by atoms with Gasteiger partial charge in [0.1, 0.15) is 0 Å². The molecule has 146 valence electrons. The van der Waals surface area contributed by atoms with Gasteiger partial charge in [-0.25, -0.2) is 9.67 Å². The monoisotopic (exact) mass is 419 g/mol. The Morgan fingerprint density at radius 2 is 2.11 bits per heavy atom. The van der Waals surface area contributed by atoms with Gasteiger partial charge in [-0.05, 0) is 23.8 Å². The number of nitrogens with zero attached hydrogens (tertiary/aromatic N) is 3. The van der Waals surface area contributed by atoms with E-state index in [1.165, 1.54) is 10.9 Å². The van der Waals surface area contributed by atoms with E-state index < -0.39 is 0 Å². The van der Waals surface area contributed by atoms with Gasteiger partial charge in [0, 0.05) is 42.3 Å². The number of benzene rings is 1. The Morgan fingerprint density at radius 3 is 2.82 bits per heavy atom. The highest BCUT2D eigenvalue weighted by Crippen LogP contribution is 2.21. The number of rotatable bonds is 4. The van der Waals surface area contributed by atoms with E-state index in [9.17, 15) is 4.79 Å². The highest BCUT2D eigenvalue weighted by atomic mass is 35.5. The predicted octanol–water partition coefficient (Wildman–Crippen LogP) is 3.26. The second-order valence-corrected chi connectivity index (χ2v) is 6.58. The third-order valence-corrected chi connectivity index (χ3v) is 4.49. The number of nitrogens with one attached hydrogen (secondary N) is 2. The largest absolute Gasteiger partial charge is 0.371 e. The Hall–Kier alpha value is -2.45. The first-order chi connectivity index (χ1) is 13.2. The predicted molar refractivity (Wildman–Crippen MR) is 110 cm³/mol.